The number of hydrogen-bond donors (Lipinski definition) is 4. The number of phenols is 1. The van der Waals surface area contributed by atoms with Gasteiger partial charge in [-0.2, -0.15) is 5.10 Å². The van der Waals surface area contributed by atoms with Crippen molar-refractivity contribution in [3.63, 3.8) is 0 Å². The first kappa shape index (κ1) is 23.7. The fourth-order valence-corrected chi connectivity index (χ4v) is 5.96. The van der Waals surface area contributed by atoms with Crippen LogP contribution >= 0.6 is 11.3 Å². The number of aryl methyl sites for hydroxylation is 3. The molecule has 0 bridgehead atoms. The molecule has 1 aromatic carbocycles. The van der Waals surface area contributed by atoms with E-state index in [0.29, 0.717) is 28.4 Å². The lowest BCUT2D eigenvalue weighted by Crippen LogP contribution is -2.25. The fraction of sp³-hybridized carbons (Fsp3) is 0.259. The van der Waals surface area contributed by atoms with Crippen LogP contribution in [0.15, 0.2) is 42.7 Å². The van der Waals surface area contributed by atoms with E-state index in [1.165, 1.54) is 11.3 Å². The number of thiophene rings is 1. The number of nitrogens with one attached hydrogen (secondary N) is 3. The summed E-state index contributed by atoms with van der Waals surface area (Å²) in [6, 6.07) is 8.97. The van der Waals surface area contributed by atoms with Gasteiger partial charge in [-0.3, -0.25) is 19.7 Å². The number of anilines is 1. The number of rotatable bonds is 6. The van der Waals surface area contributed by atoms with Crippen LogP contribution in [0, 0.1) is 13.8 Å². The van der Waals surface area contributed by atoms with Gasteiger partial charge in [-0.15, -0.1) is 11.3 Å². The van der Waals surface area contributed by atoms with Gasteiger partial charge in [-0.1, -0.05) is 12.1 Å². The van der Waals surface area contributed by atoms with E-state index in [4.69, 9.17) is 0 Å². The van der Waals surface area contributed by atoms with Crippen molar-refractivity contribution in [1.29, 1.82) is 0 Å². The van der Waals surface area contributed by atoms with Gasteiger partial charge in [0.2, 0.25) is 0 Å². The molecule has 184 valence electrons. The van der Waals surface area contributed by atoms with Crippen LogP contribution in [0.3, 0.4) is 0 Å². The predicted octanol–water partition coefficient (Wildman–Crippen LogP) is 4.92. The minimum atomic E-state index is -0.391. The molecule has 1 aliphatic carbocycles. The summed E-state index contributed by atoms with van der Waals surface area (Å²) < 4.78 is 0. The van der Waals surface area contributed by atoms with Gasteiger partial charge in [0.15, 0.2) is 0 Å². The molecule has 1 aliphatic rings. The molecular formula is C27H27N5O3S. The number of hydrogen-bond acceptors (Lipinski definition) is 6. The highest BCUT2D eigenvalue weighted by Gasteiger charge is 2.27. The zero-order valence-electron chi connectivity index (χ0n) is 20.1. The molecule has 3 heterocycles. The average molecular weight is 502 g/mol. The van der Waals surface area contributed by atoms with Gasteiger partial charge in [0.05, 0.1) is 11.3 Å². The number of aromatic nitrogens is 3. The third-order valence-electron chi connectivity index (χ3n) is 6.34. The lowest BCUT2D eigenvalue weighted by molar-refractivity contribution is 0.0951. The third-order valence-corrected chi connectivity index (χ3v) is 7.55. The molecule has 4 aromatic rings. The van der Waals surface area contributed by atoms with Crippen LogP contribution in [0.2, 0.25) is 0 Å². The van der Waals surface area contributed by atoms with Crippen LogP contribution in [0.25, 0.3) is 11.3 Å². The second kappa shape index (κ2) is 9.94. The monoisotopic (exact) mass is 501 g/mol. The third kappa shape index (κ3) is 4.74. The highest BCUT2D eigenvalue weighted by Crippen LogP contribution is 2.38. The van der Waals surface area contributed by atoms with E-state index < -0.39 is 5.91 Å². The molecule has 5 rings (SSSR count). The van der Waals surface area contributed by atoms with Gasteiger partial charge in [0.1, 0.15) is 16.4 Å². The Morgan fingerprint density at radius 1 is 1.14 bits per heavy atom. The van der Waals surface area contributed by atoms with E-state index in [1.807, 2.05) is 32.0 Å². The number of pyridine rings is 1. The smallest absolute Gasteiger partial charge is 0.274 e. The SMILES string of the molecule is Cc1cc(C)c(-c2cc(C(=O)Nc3sc4c(c3C(=O)NCc3cccnc3)CCCC4)[nH]n2)c(O)c1. The van der Waals surface area contributed by atoms with Crippen LogP contribution in [-0.4, -0.2) is 32.1 Å². The van der Waals surface area contributed by atoms with Crippen LogP contribution in [-0.2, 0) is 19.4 Å². The zero-order chi connectivity index (χ0) is 25.2. The maximum Gasteiger partial charge on any atom is 0.274 e. The summed E-state index contributed by atoms with van der Waals surface area (Å²) in [5, 5.41) is 23.9. The first-order valence-electron chi connectivity index (χ1n) is 11.9. The lowest BCUT2D eigenvalue weighted by atomic mass is 9.95. The number of benzene rings is 1. The standard InChI is InChI=1S/C27H27N5O3S/c1-15-10-16(2)23(21(33)11-15)19-12-20(32-31-19)25(34)30-27-24(18-7-3-4-8-22(18)36-27)26(35)29-14-17-6-5-9-28-13-17/h5-6,9-13,33H,3-4,7-8,14H2,1-2H3,(H,29,35)(H,30,34)(H,31,32). The van der Waals surface area contributed by atoms with Crippen LogP contribution < -0.4 is 10.6 Å². The topological polar surface area (TPSA) is 120 Å². The van der Waals surface area contributed by atoms with E-state index >= 15 is 0 Å². The van der Waals surface area contributed by atoms with Gasteiger partial charge in [0, 0.05) is 29.4 Å². The van der Waals surface area contributed by atoms with Crippen molar-refractivity contribution in [1.82, 2.24) is 20.5 Å². The van der Waals surface area contributed by atoms with E-state index in [-0.39, 0.29) is 17.4 Å². The number of fused-ring (bicyclic) bond motifs is 1. The molecule has 2 amide bonds. The van der Waals surface area contributed by atoms with Crippen LogP contribution in [0.5, 0.6) is 5.75 Å². The average Bonchev–Trinajstić information content (AvgIpc) is 3.47. The normalized spacial score (nSPS) is 12.7. The Morgan fingerprint density at radius 3 is 2.75 bits per heavy atom. The maximum absolute atomic E-state index is 13.3. The largest absolute Gasteiger partial charge is 0.507 e. The van der Waals surface area contributed by atoms with Gasteiger partial charge < -0.3 is 15.7 Å². The maximum atomic E-state index is 13.3. The molecule has 0 saturated carbocycles. The second-order valence-electron chi connectivity index (χ2n) is 9.06. The minimum absolute atomic E-state index is 0.115. The quantitative estimate of drug-likeness (QED) is 0.299. The number of aromatic hydroxyl groups is 1. The van der Waals surface area contributed by atoms with Crippen LogP contribution in [0.4, 0.5) is 5.00 Å². The Bertz CT molecular complexity index is 1420. The minimum Gasteiger partial charge on any atom is -0.507 e. The Labute approximate surface area is 212 Å². The van der Waals surface area contributed by atoms with Crippen molar-refractivity contribution in [3.8, 4) is 17.0 Å². The van der Waals surface area contributed by atoms with Gasteiger partial charge in [-0.05, 0) is 80.0 Å². The highest BCUT2D eigenvalue weighted by molar-refractivity contribution is 7.17. The number of H-pyrrole nitrogens is 1. The molecule has 0 radical (unpaired) electrons. The Kier molecular flexibility index (Phi) is 6.56. The summed E-state index contributed by atoms with van der Waals surface area (Å²) in [7, 11) is 0. The van der Waals surface area contributed by atoms with E-state index in [1.54, 1.807) is 24.5 Å². The van der Waals surface area contributed by atoms with E-state index in [0.717, 1.165) is 52.8 Å². The van der Waals surface area contributed by atoms with Gasteiger partial charge in [-0.25, -0.2) is 0 Å². The van der Waals surface area contributed by atoms with Crippen molar-refractivity contribution >= 4 is 28.2 Å². The summed E-state index contributed by atoms with van der Waals surface area (Å²) >= 11 is 1.47. The molecule has 0 unspecified atom stereocenters. The van der Waals surface area contributed by atoms with E-state index in [9.17, 15) is 14.7 Å². The summed E-state index contributed by atoms with van der Waals surface area (Å²) in [5.74, 6) is -0.485. The van der Waals surface area contributed by atoms with Crippen LogP contribution in [0.1, 0.15) is 60.8 Å². The molecule has 0 fully saturated rings. The van der Waals surface area contributed by atoms with Crippen molar-refractivity contribution in [3.05, 3.63) is 81.1 Å². The van der Waals surface area contributed by atoms with Crippen molar-refractivity contribution < 1.29 is 14.7 Å². The zero-order valence-corrected chi connectivity index (χ0v) is 21.0. The van der Waals surface area contributed by atoms with Gasteiger partial charge in [0.25, 0.3) is 11.8 Å². The molecule has 0 spiro atoms. The highest BCUT2D eigenvalue weighted by atomic mass is 32.1. The van der Waals surface area contributed by atoms with E-state index in [2.05, 4.69) is 25.8 Å². The summed E-state index contributed by atoms with van der Waals surface area (Å²) in [5.41, 5.74) is 5.59. The van der Waals surface area contributed by atoms with Crippen molar-refractivity contribution in [2.75, 3.05) is 5.32 Å². The molecule has 9 heteroatoms. The van der Waals surface area contributed by atoms with Gasteiger partial charge >= 0.3 is 0 Å². The number of aromatic amines is 1. The molecule has 8 nitrogen and oxygen atoms in total. The fourth-order valence-electron chi connectivity index (χ4n) is 4.68. The summed E-state index contributed by atoms with van der Waals surface area (Å²) in [6.45, 7) is 4.15. The number of carbonyl (C=O) groups is 2. The Hall–Kier alpha value is -3.98. The number of nitrogens with zero attached hydrogens (tertiary/aromatic N) is 2. The first-order valence-corrected chi connectivity index (χ1v) is 12.7. The molecule has 0 saturated heterocycles. The summed E-state index contributed by atoms with van der Waals surface area (Å²) in [4.78, 5) is 31.7. The molecule has 36 heavy (non-hydrogen) atoms. The van der Waals surface area contributed by atoms with Crippen molar-refractivity contribution in [2.24, 2.45) is 0 Å². The molecule has 0 atom stereocenters. The molecular weight excluding hydrogens is 474 g/mol. The summed E-state index contributed by atoms with van der Waals surface area (Å²) in [6.07, 6.45) is 7.22. The second-order valence-corrected chi connectivity index (χ2v) is 10.2. The van der Waals surface area contributed by atoms with Crippen molar-refractivity contribution in [2.45, 2.75) is 46.1 Å². The molecule has 4 N–H and O–H groups in total. The number of carbonyl (C=O) groups excluding carboxylic acids is 2. The Balaban J connectivity index is 1.39. The number of phenolic OH excluding ortho intramolecular Hbond substituents is 1. The Morgan fingerprint density at radius 2 is 1.97 bits per heavy atom. The molecule has 0 aliphatic heterocycles. The first-order chi connectivity index (χ1) is 17.4. The number of amides is 2. The predicted molar refractivity (Wildman–Crippen MR) is 139 cm³/mol. The lowest BCUT2D eigenvalue weighted by Gasteiger charge is -2.13. The molecule has 3 aromatic heterocycles.